The van der Waals surface area contributed by atoms with Gasteiger partial charge in [-0.3, -0.25) is 5.10 Å². The Hall–Kier alpha value is -2.12. The monoisotopic (exact) mass is 371 g/mol. The van der Waals surface area contributed by atoms with Gasteiger partial charge in [0.1, 0.15) is 5.82 Å². The van der Waals surface area contributed by atoms with Crippen LogP contribution in [-0.4, -0.2) is 39.0 Å². The van der Waals surface area contributed by atoms with Gasteiger partial charge in [-0.15, -0.1) is 11.3 Å². The number of thiophene rings is 1. The minimum absolute atomic E-state index is 0.140. The van der Waals surface area contributed by atoms with Crippen LogP contribution in [0.2, 0.25) is 0 Å². The van der Waals surface area contributed by atoms with Crippen LogP contribution >= 0.6 is 11.3 Å². The Bertz CT molecular complexity index is 912. The third-order valence-corrected chi connectivity index (χ3v) is 6.05. The Kier molecular flexibility index (Phi) is 4.16. The number of pyridine rings is 1. The summed E-state index contributed by atoms with van der Waals surface area (Å²) in [5.41, 5.74) is 3.01. The molecular weight excluding hydrogens is 346 g/mol. The van der Waals surface area contributed by atoms with Crippen LogP contribution in [0.3, 0.4) is 0 Å². The fraction of sp³-hybridized carbons (Fsp3) is 0.474. The van der Waals surface area contributed by atoms with Crippen molar-refractivity contribution in [2.75, 3.05) is 23.8 Å². The summed E-state index contributed by atoms with van der Waals surface area (Å²) in [6.45, 7) is 7.16. The Labute approximate surface area is 157 Å². The van der Waals surface area contributed by atoms with Gasteiger partial charge in [0.05, 0.1) is 26.5 Å². The molecule has 4 rings (SSSR count). The third kappa shape index (κ3) is 3.54. The molecule has 1 fully saturated rings. The number of rotatable bonds is 7. The van der Waals surface area contributed by atoms with Crippen LogP contribution in [0.4, 0.5) is 11.5 Å². The van der Waals surface area contributed by atoms with Crippen molar-refractivity contribution < 1.29 is 5.11 Å². The van der Waals surface area contributed by atoms with Crippen molar-refractivity contribution >= 4 is 33.1 Å². The van der Waals surface area contributed by atoms with Gasteiger partial charge >= 0.3 is 0 Å². The molecule has 4 N–H and O–H groups in total. The molecule has 0 spiro atoms. The number of aromatic nitrogens is 3. The van der Waals surface area contributed by atoms with Crippen LogP contribution in [0.15, 0.2) is 24.4 Å². The predicted molar refractivity (Wildman–Crippen MR) is 108 cm³/mol. The number of aromatic amines is 1. The maximum Gasteiger partial charge on any atom is 0.129 e. The normalized spacial score (nSPS) is 16.0. The highest BCUT2D eigenvalue weighted by Crippen LogP contribution is 2.41. The molecule has 7 heteroatoms. The molecule has 0 aliphatic heterocycles. The highest BCUT2D eigenvalue weighted by atomic mass is 32.1. The quantitative estimate of drug-likeness (QED) is 0.503. The van der Waals surface area contributed by atoms with E-state index in [2.05, 4.69) is 39.9 Å². The van der Waals surface area contributed by atoms with Crippen LogP contribution in [0.1, 0.15) is 33.6 Å². The van der Waals surface area contributed by atoms with Crippen molar-refractivity contribution in [3.63, 3.8) is 0 Å². The molecule has 0 saturated heterocycles. The number of aliphatic hydroxyl groups excluding tert-OH is 1. The van der Waals surface area contributed by atoms with E-state index < -0.39 is 0 Å². The van der Waals surface area contributed by atoms with Crippen molar-refractivity contribution in [1.82, 2.24) is 15.2 Å². The fourth-order valence-electron chi connectivity index (χ4n) is 2.76. The second-order valence-corrected chi connectivity index (χ2v) is 9.26. The molecule has 3 heterocycles. The van der Waals surface area contributed by atoms with Gasteiger partial charge in [-0.2, -0.15) is 5.10 Å². The average Bonchev–Trinajstić information content (AvgIpc) is 3.04. The van der Waals surface area contributed by atoms with E-state index in [1.54, 1.807) is 17.5 Å². The lowest BCUT2D eigenvalue weighted by Gasteiger charge is -2.23. The first kappa shape index (κ1) is 17.3. The second kappa shape index (κ2) is 6.25. The molecule has 138 valence electrons. The lowest BCUT2D eigenvalue weighted by Crippen LogP contribution is -2.27. The summed E-state index contributed by atoms with van der Waals surface area (Å²) >= 11 is 1.70. The zero-order chi connectivity index (χ0) is 18.4. The molecule has 3 aromatic rings. The predicted octanol–water partition coefficient (Wildman–Crippen LogP) is 4.08. The maximum atomic E-state index is 9.56. The molecular formula is C19H25N5OS. The molecule has 0 radical (unpaired) electrons. The van der Waals surface area contributed by atoms with Crippen LogP contribution < -0.4 is 10.6 Å². The summed E-state index contributed by atoms with van der Waals surface area (Å²) in [6, 6.07) is 6.17. The van der Waals surface area contributed by atoms with Gasteiger partial charge < -0.3 is 15.7 Å². The van der Waals surface area contributed by atoms with E-state index >= 15 is 0 Å². The minimum atomic E-state index is -0.185. The summed E-state index contributed by atoms with van der Waals surface area (Å²) in [7, 11) is 0. The molecule has 0 atom stereocenters. The standard InChI is InChI=1S/C19H25N5OS/c1-18(2,11-25)10-20-13-9-16(23-19(3)5-6-19)22-14-8-15(26-17(13)14)12-4-7-21-24-12/h4,7-9,25H,5-6,10-11H2,1-3H3,(H,21,24)(H2,20,22,23). The van der Waals surface area contributed by atoms with Crippen molar-refractivity contribution in [3.8, 4) is 10.6 Å². The first-order chi connectivity index (χ1) is 12.4. The number of fused-ring (bicyclic) bond motifs is 1. The van der Waals surface area contributed by atoms with Crippen molar-refractivity contribution in [2.24, 2.45) is 5.41 Å². The van der Waals surface area contributed by atoms with E-state index in [0.717, 1.165) is 32.3 Å². The summed E-state index contributed by atoms with van der Waals surface area (Å²) < 4.78 is 1.12. The molecule has 0 unspecified atom stereocenters. The molecule has 0 aromatic carbocycles. The van der Waals surface area contributed by atoms with Gasteiger partial charge in [0.15, 0.2) is 0 Å². The van der Waals surface area contributed by atoms with Gasteiger partial charge in [0.2, 0.25) is 0 Å². The van der Waals surface area contributed by atoms with Gasteiger partial charge in [-0.1, -0.05) is 13.8 Å². The number of anilines is 2. The van der Waals surface area contributed by atoms with E-state index in [9.17, 15) is 5.11 Å². The molecule has 26 heavy (non-hydrogen) atoms. The highest BCUT2D eigenvalue weighted by molar-refractivity contribution is 7.22. The molecule has 3 aromatic heterocycles. The van der Waals surface area contributed by atoms with E-state index in [1.165, 1.54) is 12.8 Å². The zero-order valence-electron chi connectivity index (χ0n) is 15.4. The highest BCUT2D eigenvalue weighted by Gasteiger charge is 2.37. The van der Waals surface area contributed by atoms with Gasteiger partial charge in [-0.05, 0) is 31.9 Å². The Morgan fingerprint density at radius 1 is 1.35 bits per heavy atom. The Morgan fingerprint density at radius 3 is 2.81 bits per heavy atom. The van der Waals surface area contributed by atoms with E-state index in [1.807, 2.05) is 19.9 Å². The third-order valence-electron chi connectivity index (χ3n) is 4.86. The molecule has 0 amide bonds. The van der Waals surface area contributed by atoms with Crippen LogP contribution in [-0.2, 0) is 0 Å². The molecule has 1 aliphatic carbocycles. The van der Waals surface area contributed by atoms with Crippen molar-refractivity contribution in [3.05, 3.63) is 24.4 Å². The number of aliphatic hydroxyl groups is 1. The van der Waals surface area contributed by atoms with Crippen molar-refractivity contribution in [1.29, 1.82) is 0 Å². The maximum absolute atomic E-state index is 9.56. The van der Waals surface area contributed by atoms with Crippen molar-refractivity contribution in [2.45, 2.75) is 39.2 Å². The number of hydrogen-bond donors (Lipinski definition) is 4. The second-order valence-electron chi connectivity index (χ2n) is 8.21. The first-order valence-electron chi connectivity index (χ1n) is 8.95. The van der Waals surface area contributed by atoms with E-state index in [4.69, 9.17) is 4.98 Å². The lowest BCUT2D eigenvalue weighted by atomic mass is 9.95. The fourth-order valence-corrected chi connectivity index (χ4v) is 3.82. The number of H-pyrrole nitrogens is 1. The SMILES string of the molecule is CC(C)(CO)CNc1cc(NC2(C)CC2)nc2cc(-c3ccn[nH]3)sc12. The van der Waals surface area contributed by atoms with Gasteiger partial charge in [0, 0.05) is 36.4 Å². The summed E-state index contributed by atoms with van der Waals surface area (Å²) in [4.78, 5) is 5.95. The summed E-state index contributed by atoms with van der Waals surface area (Å²) in [5.74, 6) is 0.899. The minimum Gasteiger partial charge on any atom is -0.396 e. The Morgan fingerprint density at radius 2 is 2.15 bits per heavy atom. The lowest BCUT2D eigenvalue weighted by molar-refractivity contribution is 0.171. The topological polar surface area (TPSA) is 85.9 Å². The van der Waals surface area contributed by atoms with E-state index in [0.29, 0.717) is 6.54 Å². The first-order valence-corrected chi connectivity index (χ1v) is 9.76. The van der Waals surface area contributed by atoms with Crippen LogP contribution in [0.25, 0.3) is 20.8 Å². The largest absolute Gasteiger partial charge is 0.396 e. The Balaban J connectivity index is 1.72. The molecule has 0 bridgehead atoms. The number of hydrogen-bond acceptors (Lipinski definition) is 6. The van der Waals surface area contributed by atoms with E-state index in [-0.39, 0.29) is 17.6 Å². The molecule has 1 aliphatic rings. The number of nitrogens with zero attached hydrogens (tertiary/aromatic N) is 2. The number of nitrogens with one attached hydrogen (secondary N) is 3. The van der Waals surface area contributed by atoms with Gasteiger partial charge in [-0.25, -0.2) is 4.98 Å². The summed E-state index contributed by atoms with van der Waals surface area (Å²) in [5, 5.41) is 23.7. The molecule has 6 nitrogen and oxygen atoms in total. The molecule has 1 saturated carbocycles. The van der Waals surface area contributed by atoms with Crippen LogP contribution in [0.5, 0.6) is 0 Å². The van der Waals surface area contributed by atoms with Crippen LogP contribution in [0, 0.1) is 5.41 Å². The summed E-state index contributed by atoms with van der Waals surface area (Å²) in [6.07, 6.45) is 4.11. The average molecular weight is 372 g/mol. The zero-order valence-corrected chi connectivity index (χ0v) is 16.2. The van der Waals surface area contributed by atoms with Gasteiger partial charge in [0.25, 0.3) is 0 Å². The smallest absolute Gasteiger partial charge is 0.129 e.